The lowest BCUT2D eigenvalue weighted by Gasteiger charge is -2.13. The highest BCUT2D eigenvalue weighted by atomic mass is 32.1. The van der Waals surface area contributed by atoms with Crippen LogP contribution in [0.5, 0.6) is 5.88 Å². The number of aliphatic imine (C=N–C) groups is 1. The molecule has 1 aliphatic carbocycles. The van der Waals surface area contributed by atoms with Gasteiger partial charge in [-0.15, -0.1) is 22.7 Å². The number of hydrogen-bond acceptors (Lipinski definition) is 9. The normalized spacial score (nSPS) is 16.2. The molecule has 3 aromatic rings. The summed E-state index contributed by atoms with van der Waals surface area (Å²) >= 11 is 3.16. The van der Waals surface area contributed by atoms with Crippen molar-refractivity contribution in [2.24, 2.45) is 10.9 Å². The molecule has 150 valence electrons. The molecule has 3 aromatic heterocycles. The molecule has 0 saturated heterocycles. The van der Waals surface area contributed by atoms with Crippen LogP contribution in [0.1, 0.15) is 25.0 Å². The molecule has 4 heterocycles. The Hall–Kier alpha value is -2.52. The number of anilines is 1. The minimum atomic E-state index is 0.699. The molecule has 7 nitrogen and oxygen atoms in total. The smallest absolute Gasteiger partial charge is 0.213 e. The summed E-state index contributed by atoms with van der Waals surface area (Å²) in [4.78, 5) is 18.5. The van der Waals surface area contributed by atoms with Gasteiger partial charge in [0.15, 0.2) is 11.1 Å². The highest BCUT2D eigenvalue weighted by molar-refractivity contribution is 7.14. The van der Waals surface area contributed by atoms with Crippen LogP contribution in [0, 0.1) is 12.8 Å². The predicted octanol–water partition coefficient (Wildman–Crippen LogP) is 4.19. The van der Waals surface area contributed by atoms with Crippen molar-refractivity contribution in [3.8, 4) is 27.8 Å². The monoisotopic (exact) mass is 426 g/mol. The van der Waals surface area contributed by atoms with Crippen molar-refractivity contribution in [2.45, 2.75) is 26.2 Å². The number of ether oxygens (including phenoxy) is 1. The van der Waals surface area contributed by atoms with Crippen LogP contribution < -0.4 is 15.4 Å². The van der Waals surface area contributed by atoms with Gasteiger partial charge in [0.1, 0.15) is 16.4 Å². The largest absolute Gasteiger partial charge is 0.477 e. The molecule has 0 radical (unpaired) electrons. The highest BCUT2D eigenvalue weighted by Crippen LogP contribution is 2.33. The Morgan fingerprint density at radius 2 is 2.00 bits per heavy atom. The number of pyridine rings is 1. The number of nitrogens with one attached hydrogen (secondary N) is 2. The van der Waals surface area contributed by atoms with E-state index >= 15 is 0 Å². The molecule has 0 unspecified atom stereocenters. The maximum atomic E-state index is 5.78. The fourth-order valence-electron chi connectivity index (χ4n) is 3.01. The van der Waals surface area contributed by atoms with Gasteiger partial charge in [-0.1, -0.05) is 0 Å². The molecule has 5 rings (SSSR count). The van der Waals surface area contributed by atoms with Gasteiger partial charge >= 0.3 is 0 Å². The lowest BCUT2D eigenvalue weighted by molar-refractivity contribution is 0.288. The molecular weight excluding hydrogens is 404 g/mol. The third-order valence-electron chi connectivity index (χ3n) is 4.85. The van der Waals surface area contributed by atoms with Crippen LogP contribution in [0.25, 0.3) is 22.0 Å². The number of aromatic nitrogens is 3. The Bertz CT molecular complexity index is 1040. The van der Waals surface area contributed by atoms with E-state index < -0.39 is 0 Å². The quantitative estimate of drug-likeness (QED) is 0.615. The molecule has 1 fully saturated rings. The predicted molar refractivity (Wildman–Crippen MR) is 118 cm³/mol. The van der Waals surface area contributed by atoms with Crippen molar-refractivity contribution in [2.75, 3.05) is 25.0 Å². The minimum absolute atomic E-state index is 0.699. The molecule has 0 atom stereocenters. The van der Waals surface area contributed by atoms with Crippen molar-refractivity contribution in [1.29, 1.82) is 0 Å². The van der Waals surface area contributed by atoms with Crippen molar-refractivity contribution in [3.05, 3.63) is 28.6 Å². The number of hydrogen-bond donors (Lipinski definition) is 2. The zero-order chi connectivity index (χ0) is 19.6. The average molecular weight is 427 g/mol. The summed E-state index contributed by atoms with van der Waals surface area (Å²) in [6.45, 7) is 4.57. The van der Waals surface area contributed by atoms with E-state index in [0.29, 0.717) is 5.88 Å². The Kier molecular flexibility index (Phi) is 5.15. The second kappa shape index (κ2) is 8.08. The fourth-order valence-corrected chi connectivity index (χ4v) is 4.61. The first-order valence-electron chi connectivity index (χ1n) is 9.82. The van der Waals surface area contributed by atoms with E-state index in [1.165, 1.54) is 12.8 Å². The van der Waals surface area contributed by atoms with E-state index in [4.69, 9.17) is 9.72 Å². The summed E-state index contributed by atoms with van der Waals surface area (Å²) in [6.07, 6.45) is 3.62. The number of guanidine groups is 1. The maximum Gasteiger partial charge on any atom is 0.213 e. The first-order valence-corrected chi connectivity index (χ1v) is 11.6. The van der Waals surface area contributed by atoms with Crippen molar-refractivity contribution < 1.29 is 4.74 Å². The van der Waals surface area contributed by atoms with E-state index in [1.807, 2.05) is 29.8 Å². The molecule has 0 aromatic carbocycles. The van der Waals surface area contributed by atoms with E-state index in [2.05, 4.69) is 25.6 Å². The van der Waals surface area contributed by atoms with Crippen LogP contribution in [0.15, 0.2) is 27.9 Å². The summed E-state index contributed by atoms with van der Waals surface area (Å²) in [5.41, 5.74) is 3.71. The number of aryl methyl sites for hydroxylation is 1. The van der Waals surface area contributed by atoms with Gasteiger partial charge in [0, 0.05) is 35.5 Å². The standard InChI is InChI=1S/C20H22N6OS2/c1-12-14(5-6-17(23-12)27-9-13-3-4-13)18-24-15(10-28-18)16-11-29-20(25-16)26-19-21-7-2-8-22-19/h5-6,10-11,13H,2-4,7-9H2,1H3,(H2,21,22,25,26). The molecule has 1 aliphatic heterocycles. The van der Waals surface area contributed by atoms with Crippen LogP contribution in [-0.2, 0) is 0 Å². The van der Waals surface area contributed by atoms with Crippen LogP contribution in [-0.4, -0.2) is 40.6 Å². The number of rotatable bonds is 6. The van der Waals surface area contributed by atoms with Crippen LogP contribution >= 0.6 is 22.7 Å². The Labute approximate surface area is 177 Å². The van der Waals surface area contributed by atoms with Crippen LogP contribution in [0.4, 0.5) is 5.13 Å². The Morgan fingerprint density at radius 1 is 1.14 bits per heavy atom. The summed E-state index contributed by atoms with van der Waals surface area (Å²) in [6, 6.07) is 3.99. The van der Waals surface area contributed by atoms with Crippen molar-refractivity contribution >= 4 is 33.8 Å². The second-order valence-corrected chi connectivity index (χ2v) is 8.96. The van der Waals surface area contributed by atoms with Gasteiger partial charge in [-0.2, -0.15) is 0 Å². The summed E-state index contributed by atoms with van der Waals surface area (Å²) in [7, 11) is 0. The second-order valence-electron chi connectivity index (χ2n) is 7.25. The van der Waals surface area contributed by atoms with E-state index in [1.54, 1.807) is 22.7 Å². The van der Waals surface area contributed by atoms with Crippen LogP contribution in [0.2, 0.25) is 0 Å². The number of thiazole rings is 2. The highest BCUT2D eigenvalue weighted by Gasteiger charge is 2.22. The van der Waals surface area contributed by atoms with E-state index in [9.17, 15) is 0 Å². The minimum Gasteiger partial charge on any atom is -0.477 e. The van der Waals surface area contributed by atoms with Gasteiger partial charge in [-0.05, 0) is 38.2 Å². The third kappa shape index (κ3) is 4.40. The third-order valence-corrected chi connectivity index (χ3v) is 6.48. The average Bonchev–Trinajstić information content (AvgIpc) is 3.23. The zero-order valence-corrected chi connectivity index (χ0v) is 17.8. The van der Waals surface area contributed by atoms with E-state index in [-0.39, 0.29) is 0 Å². The summed E-state index contributed by atoms with van der Waals surface area (Å²) in [5.74, 6) is 2.21. The topological polar surface area (TPSA) is 84.3 Å². The zero-order valence-electron chi connectivity index (χ0n) is 16.1. The molecule has 2 aliphatic rings. The first kappa shape index (κ1) is 18.5. The van der Waals surface area contributed by atoms with Gasteiger partial charge < -0.3 is 15.4 Å². The molecule has 2 N–H and O–H groups in total. The maximum absolute atomic E-state index is 5.78. The molecule has 0 bridgehead atoms. The fraction of sp³-hybridized carbons (Fsp3) is 0.400. The molecule has 9 heteroatoms. The molecule has 0 spiro atoms. The molecular formula is C20H22N6OS2. The lowest BCUT2D eigenvalue weighted by Crippen LogP contribution is -2.35. The Balaban J connectivity index is 1.29. The molecule has 29 heavy (non-hydrogen) atoms. The molecule has 1 saturated carbocycles. The lowest BCUT2D eigenvalue weighted by atomic mass is 10.2. The molecule has 0 amide bonds. The van der Waals surface area contributed by atoms with Gasteiger partial charge in [0.25, 0.3) is 0 Å². The first-order chi connectivity index (χ1) is 14.2. The summed E-state index contributed by atoms with van der Waals surface area (Å²) < 4.78 is 5.78. The SMILES string of the molecule is Cc1nc(OCC2CC2)ccc1-c1nc(-c2csc(NC3=NCCCN3)n2)cs1. The van der Waals surface area contributed by atoms with Gasteiger partial charge in [0.05, 0.1) is 12.3 Å². The van der Waals surface area contributed by atoms with Gasteiger partial charge in [0.2, 0.25) is 5.88 Å². The summed E-state index contributed by atoms with van der Waals surface area (Å²) in [5, 5.41) is 12.3. The van der Waals surface area contributed by atoms with Crippen LogP contribution in [0.3, 0.4) is 0 Å². The van der Waals surface area contributed by atoms with Gasteiger partial charge in [-0.25, -0.2) is 15.0 Å². The number of nitrogens with zero attached hydrogens (tertiary/aromatic N) is 4. The van der Waals surface area contributed by atoms with Crippen molar-refractivity contribution in [1.82, 2.24) is 20.3 Å². The Morgan fingerprint density at radius 3 is 2.79 bits per heavy atom. The van der Waals surface area contributed by atoms with E-state index in [0.717, 1.165) is 70.8 Å². The van der Waals surface area contributed by atoms with Gasteiger partial charge in [-0.3, -0.25) is 4.99 Å². The van der Waals surface area contributed by atoms with Crippen molar-refractivity contribution in [3.63, 3.8) is 0 Å².